The van der Waals surface area contributed by atoms with Gasteiger partial charge in [-0.2, -0.15) is 0 Å². The number of hydrogen-bond donors (Lipinski definition) is 0. The molecule has 0 fully saturated rings. The van der Waals surface area contributed by atoms with Crippen molar-refractivity contribution >= 4 is 27.8 Å². The summed E-state index contributed by atoms with van der Waals surface area (Å²) in [6.07, 6.45) is 0. The average molecular weight is 386 g/mol. The molecule has 0 spiro atoms. The number of rotatable bonds is 4. The van der Waals surface area contributed by atoms with Gasteiger partial charge in [0.25, 0.3) is 0 Å². The molecule has 0 radical (unpaired) electrons. The molecular weight excluding hydrogens is 362 g/mol. The smallest absolute Gasteiger partial charge is 0.0540 e. The van der Waals surface area contributed by atoms with Crippen LogP contribution in [0.1, 0.15) is 5.56 Å². The molecule has 1 heteroatoms. The van der Waals surface area contributed by atoms with Gasteiger partial charge in [0.05, 0.1) is 5.69 Å². The molecule has 0 aliphatic heterocycles. The van der Waals surface area contributed by atoms with Gasteiger partial charge in [-0.25, -0.2) is 0 Å². The number of nitrogens with zero attached hydrogens (tertiary/aromatic N) is 1. The Kier molecular flexibility index (Phi) is 4.78. The molecule has 0 aliphatic carbocycles. The quantitative estimate of drug-likeness (QED) is 0.301. The molecular formula is C29H23N. The highest BCUT2D eigenvalue weighted by atomic mass is 15.1. The van der Waals surface area contributed by atoms with Crippen LogP contribution in [0.15, 0.2) is 121 Å². The van der Waals surface area contributed by atoms with Crippen molar-refractivity contribution in [1.29, 1.82) is 0 Å². The first-order chi connectivity index (χ1) is 14.8. The van der Waals surface area contributed by atoms with Crippen LogP contribution in [0.25, 0.3) is 21.9 Å². The molecule has 144 valence electrons. The molecule has 0 unspecified atom stereocenters. The number of benzene rings is 5. The van der Waals surface area contributed by atoms with Crippen LogP contribution in [0, 0.1) is 6.92 Å². The standard InChI is InChI=1S/C29H23N/c1-22-17-19-26(20-18-22)30(29-16-8-12-24-11-5-6-15-28(24)29)27-14-7-13-25(21-27)23-9-3-2-4-10-23/h2-21H,1H3. The van der Waals surface area contributed by atoms with Crippen molar-refractivity contribution in [3.63, 3.8) is 0 Å². The normalized spacial score (nSPS) is 10.8. The highest BCUT2D eigenvalue weighted by Crippen LogP contribution is 2.39. The number of hydrogen-bond acceptors (Lipinski definition) is 1. The van der Waals surface area contributed by atoms with Gasteiger partial charge >= 0.3 is 0 Å². The molecule has 5 aromatic carbocycles. The third-order valence-corrected chi connectivity index (χ3v) is 5.51. The zero-order chi connectivity index (χ0) is 20.3. The Bertz CT molecular complexity index is 1280. The van der Waals surface area contributed by atoms with Gasteiger partial charge in [0.2, 0.25) is 0 Å². The van der Waals surface area contributed by atoms with Gasteiger partial charge in [-0.1, -0.05) is 96.6 Å². The van der Waals surface area contributed by atoms with Gasteiger partial charge in [-0.3, -0.25) is 0 Å². The van der Waals surface area contributed by atoms with E-state index in [0.29, 0.717) is 0 Å². The zero-order valence-corrected chi connectivity index (χ0v) is 17.0. The lowest BCUT2D eigenvalue weighted by Crippen LogP contribution is -2.10. The van der Waals surface area contributed by atoms with Crippen molar-refractivity contribution in [1.82, 2.24) is 0 Å². The van der Waals surface area contributed by atoms with Gasteiger partial charge in [0, 0.05) is 16.8 Å². The van der Waals surface area contributed by atoms with Crippen LogP contribution < -0.4 is 4.90 Å². The first-order valence-electron chi connectivity index (χ1n) is 10.3. The minimum atomic E-state index is 1.15. The van der Waals surface area contributed by atoms with E-state index in [2.05, 4.69) is 133 Å². The Morgan fingerprint density at radius 2 is 1.17 bits per heavy atom. The predicted molar refractivity (Wildman–Crippen MR) is 129 cm³/mol. The fourth-order valence-electron chi connectivity index (χ4n) is 3.98. The van der Waals surface area contributed by atoms with Gasteiger partial charge < -0.3 is 4.90 Å². The number of aryl methyl sites for hydroxylation is 1. The summed E-state index contributed by atoms with van der Waals surface area (Å²) in [7, 11) is 0. The van der Waals surface area contributed by atoms with Crippen LogP contribution in [0.5, 0.6) is 0 Å². The summed E-state index contributed by atoms with van der Waals surface area (Å²) in [5.74, 6) is 0. The van der Waals surface area contributed by atoms with E-state index in [1.165, 1.54) is 33.2 Å². The van der Waals surface area contributed by atoms with Crippen LogP contribution in [-0.4, -0.2) is 0 Å². The molecule has 0 atom stereocenters. The molecule has 0 saturated carbocycles. The van der Waals surface area contributed by atoms with Gasteiger partial charge in [0.1, 0.15) is 0 Å². The molecule has 1 nitrogen and oxygen atoms in total. The Hall–Kier alpha value is -3.84. The number of anilines is 3. The van der Waals surface area contributed by atoms with E-state index < -0.39 is 0 Å². The van der Waals surface area contributed by atoms with Crippen molar-refractivity contribution in [3.05, 3.63) is 127 Å². The molecule has 5 aromatic rings. The van der Waals surface area contributed by atoms with E-state index in [1.54, 1.807) is 0 Å². The lowest BCUT2D eigenvalue weighted by molar-refractivity contribution is 1.29. The maximum Gasteiger partial charge on any atom is 0.0540 e. The van der Waals surface area contributed by atoms with E-state index in [4.69, 9.17) is 0 Å². The second kappa shape index (κ2) is 7.88. The van der Waals surface area contributed by atoms with Crippen molar-refractivity contribution < 1.29 is 0 Å². The SMILES string of the molecule is Cc1ccc(N(c2cccc(-c3ccccc3)c2)c2cccc3ccccc23)cc1. The van der Waals surface area contributed by atoms with Gasteiger partial charge in [-0.15, -0.1) is 0 Å². The molecule has 0 N–H and O–H groups in total. The second-order valence-corrected chi connectivity index (χ2v) is 7.59. The Balaban J connectivity index is 1.72. The zero-order valence-electron chi connectivity index (χ0n) is 17.0. The van der Waals surface area contributed by atoms with E-state index in [9.17, 15) is 0 Å². The minimum Gasteiger partial charge on any atom is -0.310 e. The third-order valence-electron chi connectivity index (χ3n) is 5.51. The molecule has 30 heavy (non-hydrogen) atoms. The molecule has 5 rings (SSSR count). The summed E-state index contributed by atoms with van der Waals surface area (Å²) in [6.45, 7) is 2.13. The van der Waals surface area contributed by atoms with Gasteiger partial charge in [-0.05, 0) is 53.8 Å². The van der Waals surface area contributed by atoms with Crippen LogP contribution in [0.3, 0.4) is 0 Å². The first kappa shape index (κ1) is 18.2. The van der Waals surface area contributed by atoms with E-state index in [1.807, 2.05) is 0 Å². The Labute approximate surface area is 177 Å². The fourth-order valence-corrected chi connectivity index (χ4v) is 3.98. The summed E-state index contributed by atoms with van der Waals surface area (Å²) in [5, 5.41) is 2.48. The summed E-state index contributed by atoms with van der Waals surface area (Å²) in [5.41, 5.74) is 7.18. The third kappa shape index (κ3) is 3.46. The van der Waals surface area contributed by atoms with E-state index in [0.717, 1.165) is 11.4 Å². The van der Waals surface area contributed by atoms with E-state index >= 15 is 0 Å². The largest absolute Gasteiger partial charge is 0.310 e. The van der Waals surface area contributed by atoms with E-state index in [-0.39, 0.29) is 0 Å². The Morgan fingerprint density at radius 3 is 2.00 bits per heavy atom. The second-order valence-electron chi connectivity index (χ2n) is 7.59. The van der Waals surface area contributed by atoms with Crippen LogP contribution in [0.4, 0.5) is 17.1 Å². The lowest BCUT2D eigenvalue weighted by Gasteiger charge is -2.27. The van der Waals surface area contributed by atoms with Crippen molar-refractivity contribution in [2.45, 2.75) is 6.92 Å². The molecule has 0 saturated heterocycles. The van der Waals surface area contributed by atoms with Crippen molar-refractivity contribution in [2.75, 3.05) is 4.90 Å². The predicted octanol–water partition coefficient (Wildman–Crippen LogP) is 8.29. The maximum atomic E-state index is 2.36. The average Bonchev–Trinajstić information content (AvgIpc) is 2.81. The summed E-state index contributed by atoms with van der Waals surface area (Å²) in [4.78, 5) is 2.36. The molecule has 0 bridgehead atoms. The Morgan fingerprint density at radius 1 is 0.500 bits per heavy atom. The molecule has 0 aromatic heterocycles. The lowest BCUT2D eigenvalue weighted by atomic mass is 10.0. The van der Waals surface area contributed by atoms with Crippen LogP contribution in [-0.2, 0) is 0 Å². The maximum absolute atomic E-state index is 2.36. The van der Waals surface area contributed by atoms with Crippen molar-refractivity contribution in [2.24, 2.45) is 0 Å². The first-order valence-corrected chi connectivity index (χ1v) is 10.3. The highest BCUT2D eigenvalue weighted by molar-refractivity contribution is 5.99. The summed E-state index contributed by atoms with van der Waals surface area (Å²) >= 11 is 0. The van der Waals surface area contributed by atoms with Gasteiger partial charge in [0.15, 0.2) is 0 Å². The number of fused-ring (bicyclic) bond motifs is 1. The molecule has 0 heterocycles. The monoisotopic (exact) mass is 385 g/mol. The van der Waals surface area contributed by atoms with Crippen LogP contribution in [0.2, 0.25) is 0 Å². The topological polar surface area (TPSA) is 3.24 Å². The van der Waals surface area contributed by atoms with Crippen LogP contribution >= 0.6 is 0 Å². The summed E-state index contributed by atoms with van der Waals surface area (Å²) < 4.78 is 0. The molecule has 0 amide bonds. The summed E-state index contributed by atoms with van der Waals surface area (Å²) in [6, 6.07) is 43.2. The minimum absolute atomic E-state index is 1.15. The molecule has 0 aliphatic rings. The fraction of sp³-hybridized carbons (Fsp3) is 0.0345. The highest BCUT2D eigenvalue weighted by Gasteiger charge is 2.15. The van der Waals surface area contributed by atoms with Crippen molar-refractivity contribution in [3.8, 4) is 11.1 Å².